The zero-order valence-corrected chi connectivity index (χ0v) is 13.5. The molecule has 0 aliphatic rings. The first-order valence-corrected chi connectivity index (χ1v) is 7.69. The zero-order chi connectivity index (χ0) is 15.6. The van der Waals surface area contributed by atoms with Crippen LogP contribution in [0.5, 0.6) is 0 Å². The van der Waals surface area contributed by atoms with Crippen molar-refractivity contribution in [3.05, 3.63) is 39.6 Å². The number of aromatic nitrogens is 2. The van der Waals surface area contributed by atoms with Crippen LogP contribution in [0.2, 0.25) is 0 Å². The van der Waals surface area contributed by atoms with Crippen LogP contribution in [0, 0.1) is 6.92 Å². The molecule has 2 rings (SSSR count). The van der Waals surface area contributed by atoms with Crippen LogP contribution in [0.4, 0.5) is 5.69 Å². The molecule has 0 radical (unpaired) electrons. The van der Waals surface area contributed by atoms with Gasteiger partial charge in [-0.1, -0.05) is 13.8 Å². The van der Waals surface area contributed by atoms with Crippen LogP contribution in [-0.4, -0.2) is 15.9 Å². The van der Waals surface area contributed by atoms with Crippen molar-refractivity contribution in [2.45, 2.75) is 39.7 Å². The molecule has 0 saturated carbocycles. The summed E-state index contributed by atoms with van der Waals surface area (Å²) in [6, 6.07) is 3.99. The van der Waals surface area contributed by atoms with Crippen molar-refractivity contribution in [2.24, 2.45) is 0 Å². The third-order valence-electron chi connectivity index (χ3n) is 3.10. The van der Waals surface area contributed by atoms with E-state index in [1.165, 1.54) is 11.1 Å². The number of thiophene rings is 1. The molecule has 1 amide bonds. The number of carbonyl (C=O) groups excluding carboxylic acids is 1. The average molecular weight is 304 g/mol. The summed E-state index contributed by atoms with van der Waals surface area (Å²) < 4.78 is 0. The number of nitrogens with two attached hydrogens (primary N) is 1. The molecule has 0 bridgehead atoms. The van der Waals surface area contributed by atoms with Gasteiger partial charge in [-0.15, -0.1) is 11.3 Å². The molecule has 0 fully saturated rings. The molecule has 6 heteroatoms. The summed E-state index contributed by atoms with van der Waals surface area (Å²) in [6.45, 7) is 7.94. The van der Waals surface area contributed by atoms with Crippen LogP contribution in [0.15, 0.2) is 18.3 Å². The van der Waals surface area contributed by atoms with E-state index in [1.54, 1.807) is 11.3 Å². The van der Waals surface area contributed by atoms with E-state index < -0.39 is 0 Å². The summed E-state index contributed by atoms with van der Waals surface area (Å²) in [7, 11) is 0. The molecule has 0 aliphatic carbocycles. The first-order chi connectivity index (χ1) is 9.88. The summed E-state index contributed by atoms with van der Waals surface area (Å²) in [5.74, 6) is 0.499. The molecule has 3 N–H and O–H groups in total. The number of aryl methyl sites for hydroxylation is 1. The van der Waals surface area contributed by atoms with Crippen molar-refractivity contribution in [1.29, 1.82) is 0 Å². The SMILES string of the molecule is Cc1ccc(C(C)NC(=O)c2nc(C(C)C)ncc2N)s1. The Bertz CT molecular complexity index is 651. The molecule has 5 nitrogen and oxygen atoms in total. The van der Waals surface area contributed by atoms with Gasteiger partial charge in [0.15, 0.2) is 5.69 Å². The summed E-state index contributed by atoms with van der Waals surface area (Å²) >= 11 is 1.67. The monoisotopic (exact) mass is 304 g/mol. The van der Waals surface area contributed by atoms with E-state index in [2.05, 4.69) is 15.3 Å². The summed E-state index contributed by atoms with van der Waals surface area (Å²) in [4.78, 5) is 23.1. The number of hydrogen-bond acceptors (Lipinski definition) is 5. The lowest BCUT2D eigenvalue weighted by molar-refractivity contribution is 0.0936. The number of anilines is 1. The highest BCUT2D eigenvalue weighted by Gasteiger charge is 2.18. The lowest BCUT2D eigenvalue weighted by Crippen LogP contribution is -2.28. The molecule has 0 spiro atoms. The Balaban J connectivity index is 2.18. The minimum absolute atomic E-state index is 0.0759. The number of rotatable bonds is 4. The molecule has 1 unspecified atom stereocenters. The Morgan fingerprint density at radius 3 is 2.62 bits per heavy atom. The van der Waals surface area contributed by atoms with Crippen molar-refractivity contribution < 1.29 is 4.79 Å². The third-order valence-corrected chi connectivity index (χ3v) is 4.29. The van der Waals surface area contributed by atoms with Gasteiger partial charge in [0, 0.05) is 15.7 Å². The second-order valence-electron chi connectivity index (χ2n) is 5.33. The number of carbonyl (C=O) groups is 1. The molecular weight excluding hydrogens is 284 g/mol. The van der Waals surface area contributed by atoms with Crippen molar-refractivity contribution in [3.63, 3.8) is 0 Å². The lowest BCUT2D eigenvalue weighted by atomic mass is 10.2. The highest BCUT2D eigenvalue weighted by molar-refractivity contribution is 7.12. The van der Waals surface area contributed by atoms with Crippen molar-refractivity contribution in [2.75, 3.05) is 5.73 Å². The zero-order valence-electron chi connectivity index (χ0n) is 12.7. The number of hydrogen-bond donors (Lipinski definition) is 2. The van der Waals surface area contributed by atoms with Gasteiger partial charge >= 0.3 is 0 Å². The summed E-state index contributed by atoms with van der Waals surface area (Å²) in [5.41, 5.74) is 6.37. The molecule has 2 heterocycles. The molecular formula is C15H20N4OS. The van der Waals surface area contributed by atoms with E-state index in [4.69, 9.17) is 5.73 Å². The van der Waals surface area contributed by atoms with E-state index in [0.717, 1.165) is 4.88 Å². The average Bonchev–Trinajstić information content (AvgIpc) is 2.85. The maximum absolute atomic E-state index is 12.4. The largest absolute Gasteiger partial charge is 0.396 e. The highest BCUT2D eigenvalue weighted by Crippen LogP contribution is 2.23. The Hall–Kier alpha value is -1.95. The van der Waals surface area contributed by atoms with E-state index in [0.29, 0.717) is 11.5 Å². The van der Waals surface area contributed by atoms with Crippen molar-refractivity contribution in [3.8, 4) is 0 Å². The Labute approximate surface area is 128 Å². The van der Waals surface area contributed by atoms with Crippen LogP contribution in [0.3, 0.4) is 0 Å². The Morgan fingerprint density at radius 1 is 1.33 bits per heavy atom. The van der Waals surface area contributed by atoms with Gasteiger partial charge in [-0.05, 0) is 26.0 Å². The molecule has 0 aromatic carbocycles. The smallest absolute Gasteiger partial charge is 0.272 e. The first-order valence-electron chi connectivity index (χ1n) is 6.88. The minimum Gasteiger partial charge on any atom is -0.396 e. The quantitative estimate of drug-likeness (QED) is 0.909. The molecule has 21 heavy (non-hydrogen) atoms. The second-order valence-corrected chi connectivity index (χ2v) is 6.65. The molecule has 0 aliphatic heterocycles. The minimum atomic E-state index is -0.268. The van der Waals surface area contributed by atoms with Gasteiger partial charge < -0.3 is 11.1 Å². The van der Waals surface area contributed by atoms with E-state index in [9.17, 15) is 4.79 Å². The highest BCUT2D eigenvalue weighted by atomic mass is 32.1. The van der Waals surface area contributed by atoms with E-state index >= 15 is 0 Å². The fourth-order valence-corrected chi connectivity index (χ4v) is 2.77. The molecule has 112 valence electrons. The van der Waals surface area contributed by atoms with Gasteiger partial charge in [-0.2, -0.15) is 0 Å². The molecule has 0 saturated heterocycles. The Morgan fingerprint density at radius 2 is 2.05 bits per heavy atom. The molecule has 2 aromatic rings. The van der Waals surface area contributed by atoms with E-state index in [1.807, 2.05) is 39.8 Å². The predicted molar refractivity (Wildman–Crippen MR) is 85.5 cm³/mol. The van der Waals surface area contributed by atoms with Gasteiger partial charge in [0.25, 0.3) is 5.91 Å². The third kappa shape index (κ3) is 3.58. The maximum Gasteiger partial charge on any atom is 0.272 e. The van der Waals surface area contributed by atoms with Gasteiger partial charge in [0.05, 0.1) is 17.9 Å². The lowest BCUT2D eigenvalue weighted by Gasteiger charge is -2.14. The van der Waals surface area contributed by atoms with Crippen LogP contribution in [0.1, 0.15) is 58.8 Å². The second kappa shape index (κ2) is 6.22. The van der Waals surface area contributed by atoms with Gasteiger partial charge in [0.2, 0.25) is 0 Å². The van der Waals surface area contributed by atoms with Crippen LogP contribution < -0.4 is 11.1 Å². The standard InChI is InChI=1S/C15H20N4OS/c1-8(2)14-17-7-11(16)13(19-14)15(20)18-10(4)12-6-5-9(3)21-12/h5-8,10H,16H2,1-4H3,(H,18,20). The van der Waals surface area contributed by atoms with Crippen LogP contribution >= 0.6 is 11.3 Å². The normalized spacial score (nSPS) is 12.4. The first kappa shape index (κ1) is 15.4. The topological polar surface area (TPSA) is 80.9 Å². The molecule has 1 atom stereocenters. The number of nitrogens with one attached hydrogen (secondary N) is 1. The van der Waals surface area contributed by atoms with Gasteiger partial charge in [0.1, 0.15) is 5.82 Å². The van der Waals surface area contributed by atoms with Crippen LogP contribution in [0.25, 0.3) is 0 Å². The van der Waals surface area contributed by atoms with Crippen molar-refractivity contribution >= 4 is 22.9 Å². The van der Waals surface area contributed by atoms with Gasteiger partial charge in [-0.3, -0.25) is 4.79 Å². The fraction of sp³-hybridized carbons (Fsp3) is 0.400. The number of amides is 1. The number of nitrogen functional groups attached to an aromatic ring is 1. The molecule has 2 aromatic heterocycles. The van der Waals surface area contributed by atoms with Crippen LogP contribution in [-0.2, 0) is 0 Å². The summed E-state index contributed by atoms with van der Waals surface area (Å²) in [5, 5.41) is 2.93. The van der Waals surface area contributed by atoms with E-state index in [-0.39, 0.29) is 23.6 Å². The van der Waals surface area contributed by atoms with Crippen molar-refractivity contribution in [1.82, 2.24) is 15.3 Å². The van der Waals surface area contributed by atoms with Gasteiger partial charge in [-0.25, -0.2) is 9.97 Å². The fourth-order valence-electron chi connectivity index (χ4n) is 1.89. The summed E-state index contributed by atoms with van der Waals surface area (Å²) in [6.07, 6.45) is 1.50. The predicted octanol–water partition coefficient (Wildman–Crippen LogP) is 3.04. The number of nitrogens with zero attached hydrogens (tertiary/aromatic N) is 2. The maximum atomic E-state index is 12.4. The Kier molecular flexibility index (Phi) is 4.57.